The summed E-state index contributed by atoms with van der Waals surface area (Å²) in [7, 11) is 1.75. The molecule has 0 spiro atoms. The van der Waals surface area contributed by atoms with Gasteiger partial charge in [-0.05, 0) is 49.8 Å². The number of halogens is 1. The van der Waals surface area contributed by atoms with Gasteiger partial charge in [0.25, 0.3) is 0 Å². The largest absolute Gasteiger partial charge is 0.356 e. The third-order valence-electron chi connectivity index (χ3n) is 3.35. The van der Waals surface area contributed by atoms with Crippen molar-refractivity contribution in [2.75, 3.05) is 25.9 Å². The van der Waals surface area contributed by atoms with Gasteiger partial charge in [0.15, 0.2) is 11.8 Å². The van der Waals surface area contributed by atoms with E-state index in [2.05, 4.69) is 25.8 Å². The fourth-order valence-electron chi connectivity index (χ4n) is 2.11. The lowest BCUT2D eigenvalue weighted by atomic mass is 10.3. The van der Waals surface area contributed by atoms with Crippen molar-refractivity contribution in [1.82, 2.24) is 20.8 Å². The van der Waals surface area contributed by atoms with Crippen molar-refractivity contribution in [2.24, 2.45) is 4.99 Å². The zero-order valence-electron chi connectivity index (χ0n) is 14.6. The number of nitrogens with one attached hydrogen (secondary N) is 2. The molecule has 8 heteroatoms. The molecule has 1 aromatic carbocycles. The summed E-state index contributed by atoms with van der Waals surface area (Å²) in [6.45, 7) is 3.42. The maximum Gasteiger partial charge on any atom is 0.226 e. The van der Waals surface area contributed by atoms with E-state index in [0.717, 1.165) is 49.0 Å². The van der Waals surface area contributed by atoms with E-state index >= 15 is 0 Å². The number of hydrogen-bond donors (Lipinski definition) is 2. The summed E-state index contributed by atoms with van der Waals surface area (Å²) < 4.78 is 17.9. The van der Waals surface area contributed by atoms with Crippen molar-refractivity contribution in [1.29, 1.82) is 0 Å². The third-order valence-corrected chi connectivity index (χ3v) is 4.45. The number of aromatic nitrogens is 2. The molecule has 136 valence electrons. The van der Waals surface area contributed by atoms with E-state index in [4.69, 9.17) is 4.52 Å². The standard InChI is InChI=1S/C17H24FN5OS/c1-13-22-16(24-23-13)5-3-10-20-17(19-2)21-11-4-12-25-15-8-6-14(18)7-9-15/h6-9H,3-5,10-12H2,1-2H3,(H2,19,20,21). The highest BCUT2D eigenvalue weighted by molar-refractivity contribution is 7.99. The van der Waals surface area contributed by atoms with Crippen molar-refractivity contribution in [3.63, 3.8) is 0 Å². The Morgan fingerprint density at radius 2 is 1.92 bits per heavy atom. The third kappa shape index (κ3) is 7.55. The second-order valence-electron chi connectivity index (χ2n) is 5.42. The maximum absolute atomic E-state index is 12.8. The Kier molecular flexibility index (Phi) is 8.24. The average molecular weight is 365 g/mol. The molecule has 2 aromatic rings. The minimum atomic E-state index is -0.199. The Bertz CT molecular complexity index is 659. The second-order valence-corrected chi connectivity index (χ2v) is 6.59. The molecule has 0 aliphatic carbocycles. The fraction of sp³-hybridized carbons (Fsp3) is 0.471. The molecule has 0 fully saturated rings. The number of aryl methyl sites for hydroxylation is 2. The topological polar surface area (TPSA) is 75.3 Å². The van der Waals surface area contributed by atoms with E-state index in [9.17, 15) is 4.39 Å². The van der Waals surface area contributed by atoms with Gasteiger partial charge in [0.05, 0.1) is 0 Å². The van der Waals surface area contributed by atoms with Crippen LogP contribution in [-0.2, 0) is 6.42 Å². The van der Waals surface area contributed by atoms with Gasteiger partial charge in [-0.2, -0.15) is 4.98 Å². The van der Waals surface area contributed by atoms with Gasteiger partial charge in [-0.15, -0.1) is 11.8 Å². The lowest BCUT2D eigenvalue weighted by Gasteiger charge is -2.11. The molecular weight excluding hydrogens is 341 g/mol. The highest BCUT2D eigenvalue weighted by Crippen LogP contribution is 2.18. The summed E-state index contributed by atoms with van der Waals surface area (Å²) in [6.07, 6.45) is 2.63. The summed E-state index contributed by atoms with van der Waals surface area (Å²) in [5.74, 6) is 2.88. The van der Waals surface area contributed by atoms with Crippen molar-refractivity contribution < 1.29 is 8.91 Å². The van der Waals surface area contributed by atoms with Crippen LogP contribution in [-0.4, -0.2) is 42.0 Å². The van der Waals surface area contributed by atoms with E-state index in [-0.39, 0.29) is 5.82 Å². The number of rotatable bonds is 9. The smallest absolute Gasteiger partial charge is 0.226 e. The molecule has 0 amide bonds. The first kappa shape index (κ1) is 19.2. The first-order valence-corrected chi connectivity index (χ1v) is 9.28. The van der Waals surface area contributed by atoms with E-state index < -0.39 is 0 Å². The van der Waals surface area contributed by atoms with E-state index in [0.29, 0.717) is 11.7 Å². The van der Waals surface area contributed by atoms with Crippen LogP contribution in [0.3, 0.4) is 0 Å². The summed E-state index contributed by atoms with van der Waals surface area (Å²) in [4.78, 5) is 9.45. The van der Waals surface area contributed by atoms with Gasteiger partial charge in [0.2, 0.25) is 5.89 Å². The van der Waals surface area contributed by atoms with Gasteiger partial charge in [-0.1, -0.05) is 5.16 Å². The van der Waals surface area contributed by atoms with Crippen LogP contribution in [0.2, 0.25) is 0 Å². The minimum Gasteiger partial charge on any atom is -0.356 e. The van der Waals surface area contributed by atoms with Gasteiger partial charge in [0.1, 0.15) is 5.82 Å². The van der Waals surface area contributed by atoms with Gasteiger partial charge in [-0.3, -0.25) is 4.99 Å². The van der Waals surface area contributed by atoms with Crippen LogP contribution in [0, 0.1) is 12.7 Å². The first-order valence-electron chi connectivity index (χ1n) is 8.29. The predicted molar refractivity (Wildman–Crippen MR) is 98.5 cm³/mol. The lowest BCUT2D eigenvalue weighted by molar-refractivity contribution is 0.372. The van der Waals surface area contributed by atoms with Crippen LogP contribution in [0.15, 0.2) is 38.7 Å². The normalized spacial score (nSPS) is 11.6. The van der Waals surface area contributed by atoms with Crippen LogP contribution in [0.25, 0.3) is 0 Å². The molecule has 0 aliphatic heterocycles. The number of benzene rings is 1. The molecule has 0 aliphatic rings. The number of guanidine groups is 1. The SMILES string of the molecule is CN=C(NCCCSc1ccc(F)cc1)NCCCc1nc(C)no1. The maximum atomic E-state index is 12.8. The highest BCUT2D eigenvalue weighted by atomic mass is 32.2. The van der Waals surface area contributed by atoms with Crippen molar-refractivity contribution >= 4 is 17.7 Å². The number of aliphatic imine (C=N–C) groups is 1. The van der Waals surface area contributed by atoms with Crippen LogP contribution < -0.4 is 10.6 Å². The quantitative estimate of drug-likeness (QED) is 0.308. The van der Waals surface area contributed by atoms with Crippen LogP contribution in [0.4, 0.5) is 4.39 Å². The number of nitrogens with zero attached hydrogens (tertiary/aromatic N) is 3. The second kappa shape index (κ2) is 10.7. The minimum absolute atomic E-state index is 0.199. The van der Waals surface area contributed by atoms with Gasteiger partial charge in [-0.25, -0.2) is 4.39 Å². The zero-order valence-corrected chi connectivity index (χ0v) is 15.4. The zero-order chi connectivity index (χ0) is 17.9. The molecule has 2 rings (SSSR count). The Labute approximate surface area is 151 Å². The molecule has 2 N–H and O–H groups in total. The number of hydrogen-bond acceptors (Lipinski definition) is 5. The molecule has 0 radical (unpaired) electrons. The molecule has 1 heterocycles. The molecule has 25 heavy (non-hydrogen) atoms. The van der Waals surface area contributed by atoms with Crippen LogP contribution in [0.1, 0.15) is 24.6 Å². The summed E-state index contributed by atoms with van der Waals surface area (Å²) in [5, 5.41) is 10.3. The Balaban J connectivity index is 1.53. The molecule has 0 saturated carbocycles. The summed E-state index contributed by atoms with van der Waals surface area (Å²) in [5.41, 5.74) is 0. The Hall–Kier alpha value is -2.09. The summed E-state index contributed by atoms with van der Waals surface area (Å²) >= 11 is 1.72. The predicted octanol–water partition coefficient (Wildman–Crippen LogP) is 2.80. The number of thioether (sulfide) groups is 1. The first-order chi connectivity index (χ1) is 12.2. The van der Waals surface area contributed by atoms with E-state index in [1.807, 2.05) is 6.92 Å². The van der Waals surface area contributed by atoms with E-state index in [1.54, 1.807) is 30.9 Å². The molecule has 0 bridgehead atoms. The Morgan fingerprint density at radius 1 is 1.20 bits per heavy atom. The lowest BCUT2D eigenvalue weighted by Crippen LogP contribution is -2.38. The van der Waals surface area contributed by atoms with Gasteiger partial charge in [0, 0.05) is 31.5 Å². The van der Waals surface area contributed by atoms with E-state index in [1.165, 1.54) is 12.1 Å². The molecular formula is C17H24FN5OS. The van der Waals surface area contributed by atoms with Crippen molar-refractivity contribution in [3.8, 4) is 0 Å². The highest BCUT2D eigenvalue weighted by Gasteiger charge is 2.03. The molecule has 0 unspecified atom stereocenters. The van der Waals surface area contributed by atoms with Crippen molar-refractivity contribution in [2.45, 2.75) is 31.1 Å². The fourth-order valence-corrected chi connectivity index (χ4v) is 2.96. The van der Waals surface area contributed by atoms with Gasteiger partial charge >= 0.3 is 0 Å². The van der Waals surface area contributed by atoms with Gasteiger partial charge < -0.3 is 15.2 Å². The molecule has 6 nitrogen and oxygen atoms in total. The van der Waals surface area contributed by atoms with Crippen LogP contribution in [0.5, 0.6) is 0 Å². The molecule has 0 saturated heterocycles. The van der Waals surface area contributed by atoms with Crippen LogP contribution >= 0.6 is 11.8 Å². The Morgan fingerprint density at radius 3 is 2.56 bits per heavy atom. The molecule has 1 aromatic heterocycles. The monoisotopic (exact) mass is 365 g/mol. The average Bonchev–Trinajstić information content (AvgIpc) is 3.03. The van der Waals surface area contributed by atoms with Crippen molar-refractivity contribution in [3.05, 3.63) is 41.8 Å². The molecule has 0 atom stereocenters. The summed E-state index contributed by atoms with van der Waals surface area (Å²) in [6, 6.07) is 6.58.